The molecule has 0 bridgehead atoms. The Balaban J connectivity index is 1.48. The highest BCUT2D eigenvalue weighted by atomic mass is 19.1. The molecule has 1 aliphatic rings. The van der Waals surface area contributed by atoms with Crippen molar-refractivity contribution < 1.29 is 13.7 Å². The predicted molar refractivity (Wildman–Crippen MR) is 76.5 cm³/mol. The summed E-state index contributed by atoms with van der Waals surface area (Å²) < 4.78 is 18.6. The van der Waals surface area contributed by atoms with Crippen LogP contribution in [0.25, 0.3) is 0 Å². The molecule has 1 fully saturated rings. The largest absolute Gasteiger partial charge is 0.337 e. The Morgan fingerprint density at radius 3 is 2.91 bits per heavy atom. The van der Waals surface area contributed by atoms with Crippen molar-refractivity contribution in [2.24, 2.45) is 0 Å². The third-order valence-electron chi connectivity index (χ3n) is 3.44. The standard InChI is InChI=1S/C15H14FN5O2/c16-12-4-1-9(6-17)5-11(12)7-18-15(22)19-8-13-20-14(21-23-13)10-2-3-10/h1,4-5,10H,2-3,7-8H2,(H2,18,19,22). The molecule has 23 heavy (non-hydrogen) atoms. The number of carbonyl (C=O) groups excluding carboxylic acids is 1. The molecule has 2 N–H and O–H groups in total. The van der Waals surface area contributed by atoms with Gasteiger partial charge in [0, 0.05) is 18.0 Å². The third kappa shape index (κ3) is 3.83. The number of nitrogens with zero attached hydrogens (tertiary/aromatic N) is 3. The maximum absolute atomic E-state index is 13.6. The second-order valence-electron chi connectivity index (χ2n) is 5.27. The number of hydrogen-bond donors (Lipinski definition) is 2. The average Bonchev–Trinajstić information content (AvgIpc) is 3.31. The van der Waals surface area contributed by atoms with Crippen molar-refractivity contribution in [1.82, 2.24) is 20.8 Å². The van der Waals surface area contributed by atoms with Gasteiger partial charge in [0.25, 0.3) is 0 Å². The molecule has 8 heteroatoms. The number of halogens is 1. The fraction of sp³-hybridized carbons (Fsp3) is 0.333. The van der Waals surface area contributed by atoms with E-state index in [0.29, 0.717) is 23.2 Å². The number of hydrogen-bond acceptors (Lipinski definition) is 5. The molecule has 2 aromatic rings. The monoisotopic (exact) mass is 315 g/mol. The smallest absolute Gasteiger partial charge is 0.315 e. The van der Waals surface area contributed by atoms with Crippen molar-refractivity contribution in [3.63, 3.8) is 0 Å². The summed E-state index contributed by atoms with van der Waals surface area (Å²) in [5, 5.41) is 17.7. The van der Waals surface area contributed by atoms with Gasteiger partial charge in [-0.25, -0.2) is 9.18 Å². The molecule has 7 nitrogen and oxygen atoms in total. The SMILES string of the molecule is N#Cc1ccc(F)c(CNC(=O)NCc2nc(C3CC3)no2)c1. The molecule has 0 spiro atoms. The van der Waals surface area contributed by atoms with E-state index in [-0.39, 0.29) is 18.7 Å². The van der Waals surface area contributed by atoms with E-state index in [1.807, 2.05) is 6.07 Å². The molecular formula is C15H14FN5O2. The van der Waals surface area contributed by atoms with Gasteiger partial charge in [0.15, 0.2) is 5.82 Å². The lowest BCUT2D eigenvalue weighted by atomic mass is 10.1. The van der Waals surface area contributed by atoms with E-state index in [1.54, 1.807) is 0 Å². The van der Waals surface area contributed by atoms with E-state index in [1.165, 1.54) is 18.2 Å². The number of nitriles is 1. The minimum Gasteiger partial charge on any atom is -0.337 e. The van der Waals surface area contributed by atoms with Gasteiger partial charge in [-0.15, -0.1) is 0 Å². The minimum absolute atomic E-state index is 0.0235. The maximum Gasteiger partial charge on any atom is 0.315 e. The Labute approximate surface area is 131 Å². The number of urea groups is 1. The van der Waals surface area contributed by atoms with Crippen LogP contribution < -0.4 is 10.6 Å². The van der Waals surface area contributed by atoms with Crippen molar-refractivity contribution >= 4 is 6.03 Å². The van der Waals surface area contributed by atoms with Crippen molar-refractivity contribution in [2.75, 3.05) is 0 Å². The second-order valence-corrected chi connectivity index (χ2v) is 5.27. The molecule has 3 rings (SSSR count). The maximum atomic E-state index is 13.6. The van der Waals surface area contributed by atoms with E-state index < -0.39 is 11.8 Å². The van der Waals surface area contributed by atoms with Crippen LogP contribution in [0.5, 0.6) is 0 Å². The molecule has 1 aromatic carbocycles. The lowest BCUT2D eigenvalue weighted by molar-refractivity contribution is 0.238. The minimum atomic E-state index is -0.488. The van der Waals surface area contributed by atoms with Gasteiger partial charge in [-0.1, -0.05) is 5.16 Å². The highest BCUT2D eigenvalue weighted by Gasteiger charge is 2.28. The van der Waals surface area contributed by atoms with Crippen molar-refractivity contribution in [3.8, 4) is 6.07 Å². The number of carbonyl (C=O) groups is 1. The second kappa shape index (κ2) is 6.44. The van der Waals surface area contributed by atoms with E-state index >= 15 is 0 Å². The zero-order chi connectivity index (χ0) is 16.2. The number of nitrogens with one attached hydrogen (secondary N) is 2. The molecule has 1 aromatic heterocycles. The molecule has 1 heterocycles. The first kappa shape index (κ1) is 15.0. The quantitative estimate of drug-likeness (QED) is 0.877. The molecule has 2 amide bonds. The summed E-state index contributed by atoms with van der Waals surface area (Å²) in [5.41, 5.74) is 0.579. The Morgan fingerprint density at radius 2 is 2.17 bits per heavy atom. The average molecular weight is 315 g/mol. The number of aromatic nitrogens is 2. The van der Waals surface area contributed by atoms with Gasteiger partial charge in [0.2, 0.25) is 5.89 Å². The first-order chi connectivity index (χ1) is 11.2. The van der Waals surface area contributed by atoms with Crippen LogP contribution in [0.15, 0.2) is 22.7 Å². The molecule has 0 unspecified atom stereocenters. The predicted octanol–water partition coefficient (Wildman–Crippen LogP) is 1.96. The molecule has 1 aliphatic carbocycles. The molecule has 1 saturated carbocycles. The van der Waals surface area contributed by atoms with E-state index in [9.17, 15) is 9.18 Å². The van der Waals surface area contributed by atoms with Crippen molar-refractivity contribution in [3.05, 3.63) is 46.9 Å². The summed E-state index contributed by atoms with van der Waals surface area (Å²) in [6.07, 6.45) is 2.14. The molecular weight excluding hydrogens is 301 g/mol. The summed E-state index contributed by atoms with van der Waals surface area (Å²) >= 11 is 0. The van der Waals surface area contributed by atoms with Gasteiger partial charge in [-0.05, 0) is 31.0 Å². The van der Waals surface area contributed by atoms with Crippen LogP contribution in [-0.4, -0.2) is 16.2 Å². The Morgan fingerprint density at radius 1 is 1.39 bits per heavy atom. The van der Waals surface area contributed by atoms with Gasteiger partial charge in [0.05, 0.1) is 18.2 Å². The van der Waals surface area contributed by atoms with E-state index in [2.05, 4.69) is 20.8 Å². The Bertz CT molecular complexity index is 763. The zero-order valence-electron chi connectivity index (χ0n) is 12.2. The first-order valence-electron chi connectivity index (χ1n) is 7.18. The molecule has 118 valence electrons. The molecule has 0 radical (unpaired) electrons. The topological polar surface area (TPSA) is 104 Å². The Hall–Kier alpha value is -2.95. The fourth-order valence-corrected chi connectivity index (χ4v) is 2.02. The third-order valence-corrected chi connectivity index (χ3v) is 3.44. The normalized spacial score (nSPS) is 13.4. The number of amides is 2. The highest BCUT2D eigenvalue weighted by Crippen LogP contribution is 2.37. The van der Waals surface area contributed by atoms with Crippen LogP contribution >= 0.6 is 0 Å². The number of rotatable bonds is 5. The molecule has 0 aliphatic heterocycles. The van der Waals surface area contributed by atoms with Crippen molar-refractivity contribution in [1.29, 1.82) is 5.26 Å². The fourth-order valence-electron chi connectivity index (χ4n) is 2.02. The van der Waals surface area contributed by atoms with Gasteiger partial charge < -0.3 is 15.2 Å². The summed E-state index contributed by atoms with van der Waals surface area (Å²) in [6, 6.07) is 5.41. The molecule has 0 saturated heterocycles. The zero-order valence-corrected chi connectivity index (χ0v) is 12.2. The van der Waals surface area contributed by atoms with Crippen LogP contribution in [0.3, 0.4) is 0 Å². The van der Waals surface area contributed by atoms with Gasteiger partial charge in [-0.2, -0.15) is 10.2 Å². The Kier molecular flexibility index (Phi) is 4.19. The van der Waals surface area contributed by atoms with Gasteiger partial charge in [-0.3, -0.25) is 0 Å². The van der Waals surface area contributed by atoms with Crippen LogP contribution in [0, 0.1) is 17.1 Å². The summed E-state index contributed by atoms with van der Waals surface area (Å²) in [6.45, 7) is 0.0800. The van der Waals surface area contributed by atoms with Crippen LogP contribution in [0.2, 0.25) is 0 Å². The lowest BCUT2D eigenvalue weighted by Crippen LogP contribution is -2.34. The van der Waals surface area contributed by atoms with Crippen LogP contribution in [0.1, 0.15) is 41.6 Å². The lowest BCUT2D eigenvalue weighted by Gasteiger charge is -2.07. The summed E-state index contributed by atoms with van der Waals surface area (Å²) in [4.78, 5) is 15.9. The molecule has 0 atom stereocenters. The summed E-state index contributed by atoms with van der Waals surface area (Å²) in [5.74, 6) is 0.921. The number of benzene rings is 1. The van der Waals surface area contributed by atoms with Crippen LogP contribution in [0.4, 0.5) is 9.18 Å². The summed E-state index contributed by atoms with van der Waals surface area (Å²) in [7, 11) is 0. The highest BCUT2D eigenvalue weighted by molar-refractivity contribution is 5.73. The van der Waals surface area contributed by atoms with E-state index in [4.69, 9.17) is 9.78 Å². The van der Waals surface area contributed by atoms with Crippen molar-refractivity contribution in [2.45, 2.75) is 31.8 Å². The van der Waals surface area contributed by atoms with Gasteiger partial charge in [0.1, 0.15) is 5.82 Å². The van der Waals surface area contributed by atoms with E-state index in [0.717, 1.165) is 12.8 Å². The first-order valence-corrected chi connectivity index (χ1v) is 7.18. The van der Waals surface area contributed by atoms with Gasteiger partial charge >= 0.3 is 6.03 Å². The van der Waals surface area contributed by atoms with Crippen LogP contribution in [-0.2, 0) is 13.1 Å².